The van der Waals surface area contributed by atoms with E-state index >= 15 is 0 Å². The summed E-state index contributed by atoms with van der Waals surface area (Å²) in [5.74, 6) is -0.656. The average Bonchev–Trinajstić information content (AvgIpc) is 2.63. The number of aromatic nitrogens is 2. The molecule has 0 saturated heterocycles. The Morgan fingerprint density at radius 2 is 2.42 bits per heavy atom. The molecule has 0 radical (unpaired) electrons. The quantitative estimate of drug-likeness (QED) is 0.327. The molecule has 1 atom stereocenters. The molecule has 9 nitrogen and oxygen atoms in total. The Balaban J connectivity index is 2.99. The maximum absolute atomic E-state index is 11.3. The van der Waals surface area contributed by atoms with Gasteiger partial charge in [0.2, 0.25) is 5.88 Å². The van der Waals surface area contributed by atoms with Gasteiger partial charge in [0.25, 0.3) is 0 Å². The number of aryl methyl sites for hydroxylation is 2. The Hall–Kier alpha value is -2.25. The van der Waals surface area contributed by atoms with Gasteiger partial charge >= 0.3 is 5.97 Å². The molecule has 2 N–H and O–H groups in total. The predicted molar refractivity (Wildman–Crippen MR) is 66.9 cm³/mol. The lowest BCUT2D eigenvalue weighted by Crippen LogP contribution is -2.31. The van der Waals surface area contributed by atoms with Gasteiger partial charge in [-0.2, -0.15) is 5.10 Å². The molecule has 1 aromatic rings. The summed E-state index contributed by atoms with van der Waals surface area (Å²) in [6, 6.07) is -0.961. The van der Waals surface area contributed by atoms with Gasteiger partial charge in [-0.25, -0.2) is 4.68 Å². The van der Waals surface area contributed by atoms with Crippen molar-refractivity contribution < 1.29 is 14.6 Å². The molecular formula is C10H16N6O3. The van der Waals surface area contributed by atoms with Crippen molar-refractivity contribution in [3.05, 3.63) is 21.7 Å². The standard InChI is InChI=1S/C10H16N6O3/c1-6-7(9(19-3)16(2)14-6)8(10(17)18)12-4-5-13-15-11/h8,12H,4-5H2,1-3H3,(H,17,18). The number of carbonyl (C=O) groups is 1. The van der Waals surface area contributed by atoms with Gasteiger partial charge in [-0.1, -0.05) is 5.11 Å². The minimum Gasteiger partial charge on any atom is -0.481 e. The smallest absolute Gasteiger partial charge is 0.325 e. The Kier molecular flexibility index (Phi) is 5.16. The summed E-state index contributed by atoms with van der Waals surface area (Å²) in [5, 5.41) is 19.6. The molecule has 9 heteroatoms. The van der Waals surface area contributed by atoms with Crippen molar-refractivity contribution in [1.29, 1.82) is 0 Å². The van der Waals surface area contributed by atoms with E-state index in [2.05, 4.69) is 20.4 Å². The first-order valence-electron chi connectivity index (χ1n) is 5.57. The third-order valence-electron chi connectivity index (χ3n) is 2.57. The van der Waals surface area contributed by atoms with Crippen molar-refractivity contribution in [2.75, 3.05) is 20.2 Å². The van der Waals surface area contributed by atoms with E-state index < -0.39 is 12.0 Å². The summed E-state index contributed by atoms with van der Waals surface area (Å²) in [6.45, 7) is 2.13. The molecule has 104 valence electrons. The van der Waals surface area contributed by atoms with E-state index in [4.69, 9.17) is 10.3 Å². The van der Waals surface area contributed by atoms with Gasteiger partial charge in [0, 0.05) is 25.0 Å². The summed E-state index contributed by atoms with van der Waals surface area (Å²) in [7, 11) is 3.13. The summed E-state index contributed by atoms with van der Waals surface area (Å²) < 4.78 is 6.65. The molecule has 0 aliphatic heterocycles. The molecular weight excluding hydrogens is 252 g/mol. The molecule has 0 aromatic carbocycles. The number of methoxy groups -OCH3 is 1. The fourth-order valence-corrected chi connectivity index (χ4v) is 1.84. The van der Waals surface area contributed by atoms with Crippen LogP contribution in [0.5, 0.6) is 5.88 Å². The Morgan fingerprint density at radius 1 is 1.74 bits per heavy atom. The van der Waals surface area contributed by atoms with Crippen LogP contribution in [-0.4, -0.2) is 41.1 Å². The van der Waals surface area contributed by atoms with Gasteiger partial charge in [-0.05, 0) is 12.5 Å². The first-order valence-corrected chi connectivity index (χ1v) is 5.57. The number of hydrogen-bond acceptors (Lipinski definition) is 5. The summed E-state index contributed by atoms with van der Waals surface area (Å²) in [6.07, 6.45) is 0. The van der Waals surface area contributed by atoms with Gasteiger partial charge in [0.05, 0.1) is 18.4 Å². The second-order valence-electron chi connectivity index (χ2n) is 3.81. The van der Waals surface area contributed by atoms with Gasteiger partial charge in [-0.3, -0.25) is 4.79 Å². The SMILES string of the molecule is COc1c(C(NCCN=[N+]=[N-])C(=O)O)c(C)nn1C. The first kappa shape index (κ1) is 14.8. The molecule has 0 spiro atoms. The zero-order valence-corrected chi connectivity index (χ0v) is 11.0. The number of hydrogen-bond donors (Lipinski definition) is 2. The Morgan fingerprint density at radius 3 is 2.95 bits per heavy atom. The molecule has 19 heavy (non-hydrogen) atoms. The Labute approximate surface area is 109 Å². The molecule has 1 aromatic heterocycles. The Bertz CT molecular complexity index is 506. The number of nitrogens with zero attached hydrogens (tertiary/aromatic N) is 5. The number of nitrogens with one attached hydrogen (secondary N) is 1. The molecule has 0 aliphatic carbocycles. The molecule has 0 fully saturated rings. The van der Waals surface area contributed by atoms with Crippen LogP contribution in [0.2, 0.25) is 0 Å². The van der Waals surface area contributed by atoms with Crippen molar-refractivity contribution in [3.8, 4) is 5.88 Å². The number of carboxylic acid groups (broad SMARTS) is 1. The molecule has 0 amide bonds. The van der Waals surface area contributed by atoms with Crippen LogP contribution in [-0.2, 0) is 11.8 Å². The number of ether oxygens (including phenoxy) is 1. The highest BCUT2D eigenvalue weighted by Gasteiger charge is 2.28. The largest absolute Gasteiger partial charge is 0.481 e. The second-order valence-corrected chi connectivity index (χ2v) is 3.81. The summed E-state index contributed by atoms with van der Waals surface area (Å²) in [4.78, 5) is 13.9. The number of rotatable bonds is 7. The minimum atomic E-state index is -1.05. The van der Waals surface area contributed by atoms with Crippen LogP contribution < -0.4 is 10.1 Å². The first-order chi connectivity index (χ1) is 9.02. The fraction of sp³-hybridized carbons (Fsp3) is 0.600. The fourth-order valence-electron chi connectivity index (χ4n) is 1.84. The van der Waals surface area contributed by atoms with E-state index in [-0.39, 0.29) is 13.1 Å². The van der Waals surface area contributed by atoms with Crippen LogP contribution >= 0.6 is 0 Å². The zero-order valence-electron chi connectivity index (χ0n) is 11.0. The predicted octanol–water partition coefficient (Wildman–Crippen LogP) is 0.763. The van der Waals surface area contributed by atoms with Crippen molar-refractivity contribution >= 4 is 5.97 Å². The highest BCUT2D eigenvalue weighted by Crippen LogP contribution is 2.28. The third-order valence-corrected chi connectivity index (χ3v) is 2.57. The van der Waals surface area contributed by atoms with Crippen molar-refractivity contribution in [2.45, 2.75) is 13.0 Å². The van der Waals surface area contributed by atoms with Crippen LogP contribution in [0, 0.1) is 6.92 Å². The maximum Gasteiger partial charge on any atom is 0.325 e. The van der Waals surface area contributed by atoms with Crippen LogP contribution in [0.3, 0.4) is 0 Å². The van der Waals surface area contributed by atoms with Gasteiger partial charge in [-0.15, -0.1) is 0 Å². The molecule has 1 heterocycles. The normalized spacial score (nSPS) is 11.7. The summed E-state index contributed by atoms with van der Waals surface area (Å²) >= 11 is 0. The third kappa shape index (κ3) is 3.36. The van der Waals surface area contributed by atoms with Crippen molar-refractivity contribution in [1.82, 2.24) is 15.1 Å². The van der Waals surface area contributed by atoms with Crippen molar-refractivity contribution in [3.63, 3.8) is 0 Å². The van der Waals surface area contributed by atoms with Crippen molar-refractivity contribution in [2.24, 2.45) is 12.2 Å². The summed E-state index contributed by atoms with van der Waals surface area (Å²) in [5.41, 5.74) is 9.21. The zero-order chi connectivity index (χ0) is 14.4. The van der Waals surface area contributed by atoms with E-state index in [9.17, 15) is 9.90 Å². The lowest BCUT2D eigenvalue weighted by molar-refractivity contribution is -0.139. The van der Waals surface area contributed by atoms with E-state index in [1.165, 1.54) is 11.8 Å². The van der Waals surface area contributed by atoms with Gasteiger partial charge in [0.1, 0.15) is 6.04 Å². The van der Waals surface area contributed by atoms with E-state index in [1.54, 1.807) is 14.0 Å². The number of azide groups is 1. The highest BCUT2D eigenvalue weighted by molar-refractivity contribution is 5.77. The molecule has 1 rings (SSSR count). The van der Waals surface area contributed by atoms with E-state index in [0.717, 1.165) is 0 Å². The van der Waals surface area contributed by atoms with Gasteiger partial charge in [0.15, 0.2) is 0 Å². The molecule has 1 unspecified atom stereocenters. The van der Waals surface area contributed by atoms with Gasteiger partial charge < -0.3 is 15.2 Å². The second kappa shape index (κ2) is 6.62. The number of aliphatic carboxylic acids is 1. The average molecular weight is 268 g/mol. The maximum atomic E-state index is 11.3. The topological polar surface area (TPSA) is 125 Å². The molecule has 0 bridgehead atoms. The highest BCUT2D eigenvalue weighted by atomic mass is 16.5. The van der Waals surface area contributed by atoms with Crippen LogP contribution in [0.25, 0.3) is 10.4 Å². The van der Waals surface area contributed by atoms with E-state index in [0.29, 0.717) is 17.1 Å². The minimum absolute atomic E-state index is 0.169. The molecule has 0 aliphatic rings. The lowest BCUT2D eigenvalue weighted by Gasteiger charge is -2.15. The van der Waals surface area contributed by atoms with Crippen LogP contribution in [0.15, 0.2) is 5.11 Å². The molecule has 0 saturated carbocycles. The van der Waals surface area contributed by atoms with Crippen LogP contribution in [0.4, 0.5) is 0 Å². The lowest BCUT2D eigenvalue weighted by atomic mass is 10.1. The van der Waals surface area contributed by atoms with E-state index in [1.807, 2.05) is 0 Å². The monoisotopic (exact) mass is 268 g/mol. The van der Waals surface area contributed by atoms with Crippen LogP contribution in [0.1, 0.15) is 17.3 Å². The number of carboxylic acids is 1.